The fourth-order valence-electron chi connectivity index (χ4n) is 2.61. The van der Waals surface area contributed by atoms with Gasteiger partial charge in [-0.3, -0.25) is 4.79 Å². The lowest BCUT2D eigenvalue weighted by Crippen LogP contribution is -2.44. The second kappa shape index (κ2) is 12.5. The van der Waals surface area contributed by atoms with Crippen molar-refractivity contribution in [2.75, 3.05) is 26.9 Å². The highest BCUT2D eigenvalue weighted by Crippen LogP contribution is 2.36. The summed E-state index contributed by atoms with van der Waals surface area (Å²) in [4.78, 5) is 24.3. The van der Waals surface area contributed by atoms with Crippen LogP contribution in [0.1, 0.15) is 50.9 Å². The Hall–Kier alpha value is -1.96. The molecule has 0 aliphatic carbocycles. The molecule has 0 spiro atoms. The summed E-state index contributed by atoms with van der Waals surface area (Å²) in [6.45, 7) is 9.02. The largest absolute Gasteiger partial charge is 0.493 e. The molecule has 0 aromatic heterocycles. The van der Waals surface area contributed by atoms with Crippen LogP contribution in [0, 0.1) is 5.92 Å². The van der Waals surface area contributed by atoms with Crippen LogP contribution in [0.15, 0.2) is 16.6 Å². The van der Waals surface area contributed by atoms with Crippen molar-refractivity contribution in [3.8, 4) is 11.5 Å². The first-order chi connectivity index (χ1) is 13.3. The lowest BCUT2D eigenvalue weighted by atomic mass is 10.0. The van der Waals surface area contributed by atoms with Crippen molar-refractivity contribution in [1.82, 2.24) is 10.6 Å². The number of methoxy groups -OCH3 is 1. The van der Waals surface area contributed by atoms with Crippen LogP contribution in [0.2, 0.25) is 0 Å². The lowest BCUT2D eigenvalue weighted by Gasteiger charge is -2.21. The van der Waals surface area contributed by atoms with Crippen LogP contribution in [0.4, 0.5) is 4.79 Å². The van der Waals surface area contributed by atoms with Gasteiger partial charge < -0.3 is 24.8 Å². The van der Waals surface area contributed by atoms with Crippen molar-refractivity contribution >= 4 is 27.9 Å². The van der Waals surface area contributed by atoms with Crippen molar-refractivity contribution in [3.05, 3.63) is 22.2 Å². The van der Waals surface area contributed by atoms with Gasteiger partial charge in [0.1, 0.15) is 0 Å². The Balaban J connectivity index is 2.83. The van der Waals surface area contributed by atoms with Gasteiger partial charge in [-0.05, 0) is 53.7 Å². The molecular formula is C20H31BrN2O5. The predicted octanol–water partition coefficient (Wildman–Crippen LogP) is 4.14. The molecule has 0 fully saturated rings. The number of alkyl carbamates (subject to hydrolysis) is 1. The molecule has 0 aliphatic rings. The molecule has 7 nitrogen and oxygen atoms in total. The molecule has 1 aromatic rings. The summed E-state index contributed by atoms with van der Waals surface area (Å²) < 4.78 is 16.6. The molecule has 8 heteroatoms. The molecule has 28 heavy (non-hydrogen) atoms. The zero-order valence-electron chi connectivity index (χ0n) is 17.3. The molecule has 0 aliphatic heterocycles. The van der Waals surface area contributed by atoms with Gasteiger partial charge in [0.15, 0.2) is 11.5 Å². The Kier molecular flexibility index (Phi) is 10.7. The van der Waals surface area contributed by atoms with E-state index in [0.29, 0.717) is 47.2 Å². The average molecular weight is 459 g/mol. The van der Waals surface area contributed by atoms with Gasteiger partial charge in [0.2, 0.25) is 0 Å². The van der Waals surface area contributed by atoms with Crippen molar-refractivity contribution in [1.29, 1.82) is 0 Å². The van der Waals surface area contributed by atoms with Gasteiger partial charge in [-0.15, -0.1) is 0 Å². The quantitative estimate of drug-likeness (QED) is 0.520. The van der Waals surface area contributed by atoms with Gasteiger partial charge in [0.05, 0.1) is 24.8 Å². The first kappa shape index (κ1) is 24.1. The maximum Gasteiger partial charge on any atom is 0.407 e. The number of carbonyl (C=O) groups excluding carboxylic acids is 2. The molecule has 1 unspecified atom stereocenters. The summed E-state index contributed by atoms with van der Waals surface area (Å²) in [5.41, 5.74) is 0.437. The minimum absolute atomic E-state index is 0.222. The first-order valence-corrected chi connectivity index (χ1v) is 10.3. The van der Waals surface area contributed by atoms with E-state index in [0.717, 1.165) is 12.8 Å². The molecule has 0 bridgehead atoms. The van der Waals surface area contributed by atoms with Crippen molar-refractivity contribution in [2.45, 2.75) is 46.6 Å². The number of halogens is 1. The van der Waals surface area contributed by atoms with Crippen LogP contribution >= 0.6 is 15.9 Å². The number of carbonyl (C=O) groups is 2. The van der Waals surface area contributed by atoms with Gasteiger partial charge in [0.25, 0.3) is 5.91 Å². The molecule has 0 saturated carbocycles. The van der Waals surface area contributed by atoms with Gasteiger partial charge in [-0.2, -0.15) is 0 Å². The van der Waals surface area contributed by atoms with Crippen molar-refractivity contribution in [2.24, 2.45) is 5.92 Å². The standard InChI is InChI=1S/C20H31BrN2O5/c1-6-8-28-18-16(21)10-14(11-17(18)26-5)19(24)22-12-15(9-13(3)4)23-20(25)27-7-2/h10-11,13,15H,6-9,12H2,1-5H3,(H,22,24)(H,23,25). The van der Waals surface area contributed by atoms with E-state index in [2.05, 4.69) is 40.4 Å². The van der Waals surface area contributed by atoms with Crippen LogP contribution < -0.4 is 20.1 Å². The number of hydrogen-bond acceptors (Lipinski definition) is 5. The van der Waals surface area contributed by atoms with Crippen LogP contribution in [0.3, 0.4) is 0 Å². The highest BCUT2D eigenvalue weighted by molar-refractivity contribution is 9.10. The van der Waals surface area contributed by atoms with Gasteiger partial charge in [0, 0.05) is 18.2 Å². The number of hydrogen-bond donors (Lipinski definition) is 2. The minimum Gasteiger partial charge on any atom is -0.493 e. The summed E-state index contributed by atoms with van der Waals surface area (Å²) in [5.74, 6) is 1.15. The second-order valence-electron chi connectivity index (χ2n) is 6.74. The lowest BCUT2D eigenvalue weighted by molar-refractivity contribution is 0.0944. The predicted molar refractivity (Wildman–Crippen MR) is 112 cm³/mol. The van der Waals surface area contributed by atoms with Crippen molar-refractivity contribution in [3.63, 3.8) is 0 Å². The van der Waals surface area contributed by atoms with Crippen LogP contribution in [-0.4, -0.2) is 44.9 Å². The Morgan fingerprint density at radius 1 is 1.21 bits per heavy atom. The molecule has 1 rings (SSSR count). The molecule has 2 amide bonds. The molecular weight excluding hydrogens is 428 g/mol. The highest BCUT2D eigenvalue weighted by atomic mass is 79.9. The first-order valence-electron chi connectivity index (χ1n) is 9.54. The third kappa shape index (κ3) is 7.96. The van der Waals surface area contributed by atoms with E-state index < -0.39 is 6.09 Å². The molecule has 0 saturated heterocycles. The monoisotopic (exact) mass is 458 g/mol. The molecule has 1 aromatic carbocycles. The summed E-state index contributed by atoms with van der Waals surface area (Å²) >= 11 is 3.44. The number of benzene rings is 1. The Bertz CT molecular complexity index is 652. The summed E-state index contributed by atoms with van der Waals surface area (Å²) in [5, 5.41) is 5.66. The van der Waals surface area contributed by atoms with E-state index in [4.69, 9.17) is 14.2 Å². The SMILES string of the molecule is CCCOc1c(Br)cc(C(=O)NCC(CC(C)C)NC(=O)OCC)cc1OC. The fourth-order valence-corrected chi connectivity index (χ4v) is 3.17. The number of nitrogens with one attached hydrogen (secondary N) is 2. The highest BCUT2D eigenvalue weighted by Gasteiger charge is 2.19. The molecule has 158 valence electrons. The van der Waals surface area contributed by atoms with Crippen LogP contribution in [-0.2, 0) is 4.74 Å². The van der Waals surface area contributed by atoms with Crippen molar-refractivity contribution < 1.29 is 23.8 Å². The summed E-state index contributed by atoms with van der Waals surface area (Å²) in [7, 11) is 1.53. The Morgan fingerprint density at radius 2 is 1.93 bits per heavy atom. The minimum atomic E-state index is -0.482. The number of ether oxygens (including phenoxy) is 3. The number of rotatable bonds is 11. The fraction of sp³-hybridized carbons (Fsp3) is 0.600. The third-order valence-corrected chi connectivity index (χ3v) is 4.39. The van der Waals surface area contributed by atoms with Gasteiger partial charge >= 0.3 is 6.09 Å². The zero-order chi connectivity index (χ0) is 21.1. The topological polar surface area (TPSA) is 85.9 Å². The summed E-state index contributed by atoms with van der Waals surface area (Å²) in [6, 6.07) is 3.11. The molecule has 0 heterocycles. The maximum absolute atomic E-state index is 12.6. The summed E-state index contributed by atoms with van der Waals surface area (Å²) in [6.07, 6.45) is 1.10. The van der Waals surface area contributed by atoms with E-state index in [1.807, 2.05) is 6.92 Å². The van der Waals surface area contributed by atoms with E-state index in [1.165, 1.54) is 7.11 Å². The van der Waals surface area contributed by atoms with E-state index in [-0.39, 0.29) is 11.9 Å². The van der Waals surface area contributed by atoms with Crippen LogP contribution in [0.25, 0.3) is 0 Å². The van der Waals surface area contributed by atoms with E-state index in [1.54, 1.807) is 19.1 Å². The van der Waals surface area contributed by atoms with Gasteiger partial charge in [-0.1, -0.05) is 20.8 Å². The Labute approximate surface area is 175 Å². The van der Waals surface area contributed by atoms with Gasteiger partial charge in [-0.25, -0.2) is 4.79 Å². The maximum atomic E-state index is 12.6. The Morgan fingerprint density at radius 3 is 2.50 bits per heavy atom. The zero-order valence-corrected chi connectivity index (χ0v) is 18.9. The van der Waals surface area contributed by atoms with E-state index >= 15 is 0 Å². The molecule has 1 atom stereocenters. The van der Waals surface area contributed by atoms with Crippen LogP contribution in [0.5, 0.6) is 11.5 Å². The number of amides is 2. The average Bonchev–Trinajstić information content (AvgIpc) is 2.64. The van der Waals surface area contributed by atoms with E-state index in [9.17, 15) is 9.59 Å². The molecule has 2 N–H and O–H groups in total. The second-order valence-corrected chi connectivity index (χ2v) is 7.59. The smallest absolute Gasteiger partial charge is 0.407 e. The molecule has 0 radical (unpaired) electrons. The normalized spacial score (nSPS) is 11.7. The third-order valence-electron chi connectivity index (χ3n) is 3.80.